The lowest BCUT2D eigenvalue weighted by atomic mass is 10.3. The smallest absolute Gasteiger partial charge is 0.329 e. The summed E-state index contributed by atoms with van der Waals surface area (Å²) >= 11 is 0. The summed E-state index contributed by atoms with van der Waals surface area (Å²) in [5.74, 6) is -0.576. The van der Waals surface area contributed by atoms with E-state index in [-0.39, 0.29) is 37.0 Å². The van der Waals surface area contributed by atoms with Gasteiger partial charge in [0.15, 0.2) is 0 Å². The fourth-order valence-electron chi connectivity index (χ4n) is 3.00. The summed E-state index contributed by atoms with van der Waals surface area (Å²) in [5.41, 5.74) is 2.20. The Labute approximate surface area is 156 Å². The Kier molecular flexibility index (Phi) is 5.71. The largest absolute Gasteiger partial charge is 0.347 e. The van der Waals surface area contributed by atoms with Crippen molar-refractivity contribution in [1.29, 1.82) is 0 Å². The van der Waals surface area contributed by atoms with Crippen molar-refractivity contribution in [1.82, 2.24) is 14.5 Å². The third kappa shape index (κ3) is 4.25. The number of carbonyl (C=O) groups is 2. The monoisotopic (exact) mass is 366 g/mol. The lowest BCUT2D eigenvalue weighted by Gasteiger charge is -2.07. The topological polar surface area (TPSA) is 85.1 Å². The first-order valence-electron chi connectivity index (χ1n) is 8.90. The summed E-state index contributed by atoms with van der Waals surface area (Å²) in [6.07, 6.45) is 0.121. The lowest BCUT2D eigenvalue weighted by Crippen LogP contribution is -2.34. The van der Waals surface area contributed by atoms with Crippen LogP contribution in [-0.2, 0) is 22.7 Å². The van der Waals surface area contributed by atoms with Crippen molar-refractivity contribution in [2.45, 2.75) is 26.4 Å². The van der Waals surface area contributed by atoms with Gasteiger partial charge in [-0.3, -0.25) is 18.7 Å². The van der Waals surface area contributed by atoms with Gasteiger partial charge in [-0.2, -0.15) is 0 Å². The summed E-state index contributed by atoms with van der Waals surface area (Å²) in [5, 5.41) is 5.29. The van der Waals surface area contributed by atoms with Crippen LogP contribution in [0.3, 0.4) is 0 Å². The predicted octanol–water partition coefficient (Wildman–Crippen LogP) is 1.97. The van der Waals surface area contributed by atoms with Crippen LogP contribution in [0.1, 0.15) is 13.3 Å². The molecule has 0 aliphatic heterocycles. The minimum absolute atomic E-state index is 0.112. The van der Waals surface area contributed by atoms with Crippen LogP contribution in [-0.4, -0.2) is 27.5 Å². The minimum atomic E-state index is -0.297. The Balaban J connectivity index is 1.57. The van der Waals surface area contributed by atoms with E-state index in [1.807, 2.05) is 49.4 Å². The predicted molar refractivity (Wildman–Crippen MR) is 105 cm³/mol. The first kappa shape index (κ1) is 18.4. The highest BCUT2D eigenvalue weighted by Gasteiger charge is 2.13. The quantitative estimate of drug-likeness (QED) is 0.670. The number of nitrogens with one attached hydrogen (secondary N) is 2. The molecule has 0 aliphatic carbocycles. The van der Waals surface area contributed by atoms with Crippen LogP contribution in [0.15, 0.2) is 59.4 Å². The second kappa shape index (κ2) is 8.35. The highest BCUT2D eigenvalue weighted by molar-refractivity contribution is 5.94. The van der Waals surface area contributed by atoms with E-state index in [1.54, 1.807) is 21.3 Å². The number of nitrogens with zero attached hydrogens (tertiary/aromatic N) is 2. The number of hydrogen-bond donors (Lipinski definition) is 2. The van der Waals surface area contributed by atoms with Crippen molar-refractivity contribution in [3.8, 4) is 0 Å². The van der Waals surface area contributed by atoms with Gasteiger partial charge in [0.05, 0.1) is 17.6 Å². The average molecular weight is 366 g/mol. The van der Waals surface area contributed by atoms with Crippen molar-refractivity contribution in [2.24, 2.45) is 0 Å². The van der Waals surface area contributed by atoms with E-state index in [1.165, 1.54) is 0 Å². The zero-order chi connectivity index (χ0) is 19.2. The van der Waals surface area contributed by atoms with Gasteiger partial charge in [-0.25, -0.2) is 4.79 Å². The van der Waals surface area contributed by atoms with Crippen LogP contribution >= 0.6 is 0 Å². The normalized spacial score (nSPS) is 10.7. The van der Waals surface area contributed by atoms with Gasteiger partial charge in [-0.1, -0.05) is 30.3 Å². The number of carbonyl (C=O) groups excluding carboxylic acids is 2. The molecule has 0 aliphatic rings. The molecule has 3 rings (SSSR count). The van der Waals surface area contributed by atoms with Crippen LogP contribution in [0.4, 0.5) is 5.69 Å². The minimum Gasteiger partial charge on any atom is -0.347 e. The van der Waals surface area contributed by atoms with Crippen LogP contribution in [0.5, 0.6) is 0 Å². The van der Waals surface area contributed by atoms with Crippen molar-refractivity contribution in [2.75, 3.05) is 11.9 Å². The molecule has 3 aromatic rings. The maximum atomic E-state index is 12.5. The molecule has 0 saturated carbocycles. The Morgan fingerprint density at radius 3 is 2.19 bits per heavy atom. The molecule has 7 nitrogen and oxygen atoms in total. The van der Waals surface area contributed by atoms with Gasteiger partial charge in [0, 0.05) is 25.2 Å². The summed E-state index contributed by atoms with van der Waals surface area (Å²) in [4.78, 5) is 36.5. The van der Waals surface area contributed by atoms with Crippen LogP contribution in [0, 0.1) is 0 Å². The van der Waals surface area contributed by atoms with E-state index in [0.29, 0.717) is 12.2 Å². The molecule has 0 bridgehead atoms. The van der Waals surface area contributed by atoms with E-state index in [2.05, 4.69) is 10.6 Å². The molecule has 2 N–H and O–H groups in total. The molecule has 27 heavy (non-hydrogen) atoms. The number of benzene rings is 2. The Bertz CT molecular complexity index is 1000. The lowest BCUT2D eigenvalue weighted by molar-refractivity contribution is -0.124. The van der Waals surface area contributed by atoms with Crippen molar-refractivity contribution < 1.29 is 9.59 Å². The molecule has 0 saturated heterocycles. The molecule has 0 fully saturated rings. The van der Waals surface area contributed by atoms with Gasteiger partial charge < -0.3 is 10.6 Å². The maximum Gasteiger partial charge on any atom is 0.329 e. The molecular formula is C20H22N4O3. The van der Waals surface area contributed by atoms with Crippen molar-refractivity contribution in [3.63, 3.8) is 0 Å². The SMILES string of the molecule is CCn1c(=O)n(CCC(=O)NCC(=O)Nc2ccccc2)c2ccccc21. The molecule has 0 unspecified atom stereocenters. The molecule has 2 amide bonds. The van der Waals surface area contributed by atoms with Crippen LogP contribution < -0.4 is 16.3 Å². The number of fused-ring (bicyclic) bond motifs is 1. The molecule has 2 aromatic carbocycles. The van der Waals surface area contributed by atoms with E-state index in [0.717, 1.165) is 11.0 Å². The number of aromatic nitrogens is 2. The molecule has 0 atom stereocenters. The first-order chi connectivity index (χ1) is 13.1. The molecule has 1 aromatic heterocycles. The van der Waals surface area contributed by atoms with Crippen molar-refractivity contribution in [3.05, 3.63) is 65.1 Å². The first-order valence-corrected chi connectivity index (χ1v) is 8.90. The number of anilines is 1. The molecular weight excluding hydrogens is 344 g/mol. The highest BCUT2D eigenvalue weighted by atomic mass is 16.2. The van der Waals surface area contributed by atoms with Gasteiger partial charge in [0.1, 0.15) is 0 Å². The zero-order valence-electron chi connectivity index (χ0n) is 15.1. The number of imidazole rings is 1. The number of rotatable bonds is 7. The maximum absolute atomic E-state index is 12.5. The molecule has 0 radical (unpaired) electrons. The van der Waals surface area contributed by atoms with Crippen LogP contribution in [0.2, 0.25) is 0 Å². The fraction of sp³-hybridized carbons (Fsp3) is 0.250. The van der Waals surface area contributed by atoms with E-state index < -0.39 is 0 Å². The van der Waals surface area contributed by atoms with Gasteiger partial charge in [0.25, 0.3) is 0 Å². The number of amides is 2. The summed E-state index contributed by atoms with van der Waals surface area (Å²) in [6, 6.07) is 16.6. The van der Waals surface area contributed by atoms with Gasteiger partial charge in [0.2, 0.25) is 11.8 Å². The molecule has 7 heteroatoms. The second-order valence-corrected chi connectivity index (χ2v) is 6.11. The molecule has 0 spiro atoms. The molecule has 1 heterocycles. The third-order valence-corrected chi connectivity index (χ3v) is 4.31. The second-order valence-electron chi connectivity index (χ2n) is 6.11. The van der Waals surface area contributed by atoms with E-state index >= 15 is 0 Å². The van der Waals surface area contributed by atoms with Gasteiger partial charge >= 0.3 is 5.69 Å². The van der Waals surface area contributed by atoms with Crippen molar-refractivity contribution >= 4 is 28.5 Å². The Morgan fingerprint density at radius 2 is 1.52 bits per heavy atom. The summed E-state index contributed by atoms with van der Waals surface area (Å²) < 4.78 is 3.28. The highest BCUT2D eigenvalue weighted by Crippen LogP contribution is 2.13. The summed E-state index contributed by atoms with van der Waals surface area (Å²) in [7, 11) is 0. The van der Waals surface area contributed by atoms with Gasteiger partial charge in [-0.15, -0.1) is 0 Å². The average Bonchev–Trinajstić information content (AvgIpc) is 2.96. The Hall–Kier alpha value is -3.35. The number of hydrogen-bond acceptors (Lipinski definition) is 3. The van der Waals surface area contributed by atoms with Gasteiger partial charge in [-0.05, 0) is 31.2 Å². The standard InChI is InChI=1S/C20H22N4O3/c1-2-23-16-10-6-7-11-17(16)24(20(23)27)13-12-18(25)21-14-19(26)22-15-8-4-3-5-9-15/h3-11H,2,12-14H2,1H3,(H,21,25)(H,22,26). The van der Waals surface area contributed by atoms with Crippen LogP contribution in [0.25, 0.3) is 11.0 Å². The third-order valence-electron chi connectivity index (χ3n) is 4.31. The van der Waals surface area contributed by atoms with E-state index in [4.69, 9.17) is 0 Å². The fourth-order valence-corrected chi connectivity index (χ4v) is 3.00. The zero-order valence-corrected chi connectivity index (χ0v) is 15.1. The number of para-hydroxylation sites is 3. The number of aryl methyl sites for hydroxylation is 2. The summed E-state index contributed by atoms with van der Waals surface area (Å²) in [6.45, 7) is 2.63. The van der Waals surface area contributed by atoms with E-state index in [9.17, 15) is 14.4 Å². The Morgan fingerprint density at radius 1 is 0.889 bits per heavy atom. The molecule has 140 valence electrons.